The Morgan fingerprint density at radius 1 is 1.24 bits per heavy atom. The summed E-state index contributed by atoms with van der Waals surface area (Å²) in [5.74, 6) is 0.369. The second-order valence-corrected chi connectivity index (χ2v) is 4.77. The van der Waals surface area contributed by atoms with Crippen molar-refractivity contribution < 1.29 is 9.15 Å². The maximum Gasteiger partial charge on any atom is 0.420 e. The van der Waals surface area contributed by atoms with Crippen molar-refractivity contribution in [3.8, 4) is 5.75 Å². The average Bonchev–Trinajstić information content (AvgIpc) is 2.83. The lowest BCUT2D eigenvalue weighted by Gasteiger charge is -2.09. The second kappa shape index (κ2) is 5.46. The van der Waals surface area contributed by atoms with Crippen molar-refractivity contribution in [3.05, 3.63) is 64.1 Å². The molecule has 0 aliphatic carbocycles. The Labute approximate surface area is 121 Å². The van der Waals surface area contributed by atoms with Gasteiger partial charge in [0.1, 0.15) is 5.75 Å². The van der Waals surface area contributed by atoms with E-state index in [1.165, 1.54) is 0 Å². The third-order valence-electron chi connectivity index (χ3n) is 3.49. The van der Waals surface area contributed by atoms with E-state index in [-0.39, 0.29) is 5.76 Å². The van der Waals surface area contributed by atoms with Crippen molar-refractivity contribution in [2.75, 3.05) is 7.11 Å². The van der Waals surface area contributed by atoms with Gasteiger partial charge in [0, 0.05) is 12.1 Å². The smallest absolute Gasteiger partial charge is 0.420 e. The molecule has 2 aromatic carbocycles. The van der Waals surface area contributed by atoms with Gasteiger partial charge in [0.2, 0.25) is 0 Å². The number of ether oxygens (including phenoxy) is 1. The summed E-state index contributed by atoms with van der Waals surface area (Å²) in [6.07, 6.45) is 0. The molecule has 0 atom stereocenters. The minimum atomic E-state index is -0.363. The van der Waals surface area contributed by atoms with Gasteiger partial charge in [-0.15, -0.1) is 0 Å². The highest BCUT2D eigenvalue weighted by Crippen LogP contribution is 2.21. The van der Waals surface area contributed by atoms with Crippen LogP contribution >= 0.6 is 0 Å². The summed E-state index contributed by atoms with van der Waals surface area (Å²) in [6, 6.07) is 13.1. The van der Waals surface area contributed by atoms with E-state index in [2.05, 4.69) is 0 Å². The monoisotopic (exact) mass is 284 g/mol. The molecule has 0 aliphatic rings. The minimum Gasteiger partial charge on any atom is -0.496 e. The van der Waals surface area contributed by atoms with Crippen LogP contribution in [-0.4, -0.2) is 11.7 Å². The summed E-state index contributed by atoms with van der Waals surface area (Å²) in [5, 5.41) is 0. The minimum absolute atomic E-state index is 0.363. The molecule has 0 spiro atoms. The van der Waals surface area contributed by atoms with Crippen molar-refractivity contribution >= 4 is 11.1 Å². The molecule has 1 aromatic heterocycles. The van der Waals surface area contributed by atoms with Gasteiger partial charge in [-0.25, -0.2) is 4.79 Å². The van der Waals surface area contributed by atoms with Crippen LogP contribution in [0.1, 0.15) is 11.1 Å². The highest BCUT2D eigenvalue weighted by atomic mass is 16.5. The maximum absolute atomic E-state index is 12.0. The Hall–Kier alpha value is -2.53. The van der Waals surface area contributed by atoms with Gasteiger partial charge in [-0.2, -0.15) is 0 Å². The zero-order chi connectivity index (χ0) is 14.8. The first-order chi connectivity index (χ1) is 10.2. The van der Waals surface area contributed by atoms with Gasteiger partial charge in [0.15, 0.2) is 5.58 Å². The summed E-state index contributed by atoms with van der Waals surface area (Å²) >= 11 is 0. The van der Waals surface area contributed by atoms with Crippen LogP contribution < -0.4 is 16.2 Å². The fraction of sp³-hybridized carbons (Fsp3) is 0.188. The lowest BCUT2D eigenvalue weighted by Crippen LogP contribution is -2.15. The molecule has 5 heteroatoms. The zero-order valence-corrected chi connectivity index (χ0v) is 11.7. The maximum atomic E-state index is 12.0. The number of nitrogens with zero attached hydrogens (tertiary/aromatic N) is 1. The van der Waals surface area contributed by atoms with Crippen molar-refractivity contribution in [3.63, 3.8) is 0 Å². The van der Waals surface area contributed by atoms with Gasteiger partial charge in [0.25, 0.3) is 0 Å². The van der Waals surface area contributed by atoms with E-state index < -0.39 is 0 Å². The quantitative estimate of drug-likeness (QED) is 0.796. The summed E-state index contributed by atoms with van der Waals surface area (Å²) in [7, 11) is 1.61. The van der Waals surface area contributed by atoms with E-state index in [0.29, 0.717) is 18.7 Å². The molecule has 5 nitrogen and oxygen atoms in total. The summed E-state index contributed by atoms with van der Waals surface area (Å²) in [5.41, 5.74) is 8.93. The zero-order valence-electron chi connectivity index (χ0n) is 11.7. The molecule has 0 radical (unpaired) electrons. The fourth-order valence-corrected chi connectivity index (χ4v) is 2.40. The van der Waals surface area contributed by atoms with Crippen LogP contribution in [0.4, 0.5) is 0 Å². The van der Waals surface area contributed by atoms with Gasteiger partial charge >= 0.3 is 5.76 Å². The third kappa shape index (κ3) is 2.43. The predicted octanol–water partition coefficient (Wildman–Crippen LogP) is 2.11. The molecule has 0 bridgehead atoms. The molecule has 1 heterocycles. The van der Waals surface area contributed by atoms with Crippen LogP contribution in [0.3, 0.4) is 0 Å². The molecule has 0 unspecified atom stereocenters. The number of methoxy groups -OCH3 is 1. The van der Waals surface area contributed by atoms with E-state index in [4.69, 9.17) is 14.9 Å². The molecule has 2 N–H and O–H groups in total. The summed E-state index contributed by atoms with van der Waals surface area (Å²) in [4.78, 5) is 12.0. The summed E-state index contributed by atoms with van der Waals surface area (Å²) < 4.78 is 12.2. The molecule has 0 saturated carbocycles. The number of hydrogen-bond donors (Lipinski definition) is 1. The van der Waals surface area contributed by atoms with Crippen LogP contribution in [0.5, 0.6) is 5.75 Å². The van der Waals surface area contributed by atoms with E-state index in [0.717, 1.165) is 22.4 Å². The Balaban J connectivity index is 2.03. The molecule has 0 amide bonds. The number of nitrogens with two attached hydrogens (primary N) is 1. The average molecular weight is 284 g/mol. The number of hydrogen-bond acceptors (Lipinski definition) is 4. The lowest BCUT2D eigenvalue weighted by atomic mass is 10.1. The Morgan fingerprint density at radius 3 is 2.81 bits per heavy atom. The van der Waals surface area contributed by atoms with Crippen LogP contribution in [0, 0.1) is 0 Å². The van der Waals surface area contributed by atoms with Crippen LogP contribution in [0.2, 0.25) is 0 Å². The molecule has 21 heavy (non-hydrogen) atoms. The van der Waals surface area contributed by atoms with Gasteiger partial charge in [-0.3, -0.25) is 4.57 Å². The predicted molar refractivity (Wildman–Crippen MR) is 80.5 cm³/mol. The number of benzene rings is 2. The number of para-hydroxylation sites is 2. The standard InChI is InChI=1S/C16H16N2O3/c1-20-15-8-11(6-7-12(15)9-17)10-18-13-4-2-3-5-14(13)21-16(18)19/h2-8H,9-10,17H2,1H3. The van der Waals surface area contributed by atoms with E-state index in [9.17, 15) is 4.79 Å². The second-order valence-electron chi connectivity index (χ2n) is 4.77. The van der Waals surface area contributed by atoms with Crippen molar-refractivity contribution in [1.82, 2.24) is 4.57 Å². The van der Waals surface area contributed by atoms with E-state index in [1.807, 2.05) is 36.4 Å². The molecular weight excluding hydrogens is 268 g/mol. The molecule has 0 fully saturated rings. The number of fused-ring (bicyclic) bond motifs is 1. The van der Waals surface area contributed by atoms with Crippen LogP contribution in [-0.2, 0) is 13.1 Å². The normalized spacial score (nSPS) is 11.0. The van der Waals surface area contributed by atoms with Gasteiger partial charge in [-0.05, 0) is 23.8 Å². The number of oxazole rings is 1. The van der Waals surface area contributed by atoms with Crippen molar-refractivity contribution in [2.45, 2.75) is 13.1 Å². The van der Waals surface area contributed by atoms with Crippen LogP contribution in [0.25, 0.3) is 11.1 Å². The lowest BCUT2D eigenvalue weighted by molar-refractivity contribution is 0.409. The number of aromatic nitrogens is 1. The Bertz CT molecular complexity index is 833. The Morgan fingerprint density at radius 2 is 2.05 bits per heavy atom. The first-order valence-electron chi connectivity index (χ1n) is 6.67. The molecule has 0 saturated heterocycles. The first-order valence-corrected chi connectivity index (χ1v) is 6.67. The molecule has 0 aliphatic heterocycles. The van der Waals surface area contributed by atoms with Crippen molar-refractivity contribution in [2.24, 2.45) is 5.73 Å². The molecule has 108 valence electrons. The topological polar surface area (TPSA) is 70.4 Å². The van der Waals surface area contributed by atoms with Crippen molar-refractivity contribution in [1.29, 1.82) is 0 Å². The van der Waals surface area contributed by atoms with Crippen LogP contribution in [0.15, 0.2) is 51.7 Å². The van der Waals surface area contributed by atoms with E-state index in [1.54, 1.807) is 17.7 Å². The van der Waals surface area contributed by atoms with E-state index >= 15 is 0 Å². The highest BCUT2D eigenvalue weighted by Gasteiger charge is 2.10. The SMILES string of the molecule is COc1cc(Cn2c(=O)oc3ccccc32)ccc1CN. The summed E-state index contributed by atoms with van der Waals surface area (Å²) in [6.45, 7) is 0.842. The largest absolute Gasteiger partial charge is 0.496 e. The molecule has 3 aromatic rings. The molecular formula is C16H16N2O3. The molecule has 3 rings (SSSR count). The van der Waals surface area contributed by atoms with Gasteiger partial charge < -0.3 is 14.9 Å². The highest BCUT2D eigenvalue weighted by molar-refractivity contribution is 5.72. The fourth-order valence-electron chi connectivity index (χ4n) is 2.40. The van der Waals surface area contributed by atoms with Gasteiger partial charge in [-0.1, -0.05) is 24.3 Å². The Kier molecular flexibility index (Phi) is 3.50. The third-order valence-corrected chi connectivity index (χ3v) is 3.49. The first kappa shape index (κ1) is 13.5. The van der Waals surface area contributed by atoms with Gasteiger partial charge in [0.05, 0.1) is 19.2 Å². The number of rotatable bonds is 4.